The summed E-state index contributed by atoms with van der Waals surface area (Å²) in [4.78, 5) is 2.45. The fourth-order valence-corrected chi connectivity index (χ4v) is 2.93. The van der Waals surface area contributed by atoms with Crippen molar-refractivity contribution in [1.82, 2.24) is 4.90 Å². The summed E-state index contributed by atoms with van der Waals surface area (Å²) >= 11 is 5.93. The van der Waals surface area contributed by atoms with Crippen LogP contribution in [0.1, 0.15) is 26.7 Å². The van der Waals surface area contributed by atoms with E-state index in [1.165, 1.54) is 12.8 Å². The maximum atomic E-state index is 6.19. The SMILES string of the molecule is CC(C)(N)C1CCN(CCOc2cccc(Cl)c2)CC1.Cl.Cl. The standard InChI is InChI=1S/C16H25ClN2O.2ClH/c1-16(2,18)13-6-8-19(9-7-13)10-11-20-15-5-3-4-14(17)12-15;;/h3-5,12-13H,6-11,18H2,1-2H3;2*1H. The molecule has 0 unspecified atom stereocenters. The maximum Gasteiger partial charge on any atom is 0.120 e. The Morgan fingerprint density at radius 3 is 2.45 bits per heavy atom. The lowest BCUT2D eigenvalue weighted by molar-refractivity contribution is 0.126. The monoisotopic (exact) mass is 368 g/mol. The van der Waals surface area contributed by atoms with E-state index in [4.69, 9.17) is 22.1 Å². The van der Waals surface area contributed by atoms with E-state index in [-0.39, 0.29) is 30.4 Å². The van der Waals surface area contributed by atoms with Gasteiger partial charge in [-0.15, -0.1) is 24.8 Å². The second-order valence-corrected chi connectivity index (χ2v) is 6.68. The lowest BCUT2D eigenvalue weighted by Crippen LogP contribution is -2.47. The predicted molar refractivity (Wildman–Crippen MR) is 98.9 cm³/mol. The molecule has 1 aliphatic heterocycles. The summed E-state index contributed by atoms with van der Waals surface area (Å²) in [5.74, 6) is 1.48. The molecule has 1 aliphatic rings. The van der Waals surface area contributed by atoms with E-state index in [1.807, 2.05) is 24.3 Å². The van der Waals surface area contributed by atoms with Crippen LogP contribution in [0.4, 0.5) is 0 Å². The van der Waals surface area contributed by atoms with Crippen molar-refractivity contribution in [1.29, 1.82) is 0 Å². The summed E-state index contributed by atoms with van der Waals surface area (Å²) in [6.45, 7) is 8.17. The zero-order valence-corrected chi connectivity index (χ0v) is 15.6. The van der Waals surface area contributed by atoms with Gasteiger partial charge in [0.1, 0.15) is 12.4 Å². The second-order valence-electron chi connectivity index (χ2n) is 6.24. The van der Waals surface area contributed by atoms with Crippen molar-refractivity contribution >= 4 is 36.4 Å². The number of hydrogen-bond donors (Lipinski definition) is 1. The predicted octanol–water partition coefficient (Wildman–Crippen LogP) is 4.01. The summed E-state index contributed by atoms with van der Waals surface area (Å²) in [7, 11) is 0. The first-order valence-electron chi connectivity index (χ1n) is 7.35. The van der Waals surface area contributed by atoms with E-state index in [2.05, 4.69) is 18.7 Å². The highest BCUT2D eigenvalue weighted by atomic mass is 35.5. The zero-order valence-electron chi connectivity index (χ0n) is 13.3. The molecule has 0 saturated carbocycles. The molecule has 0 aromatic heterocycles. The number of ether oxygens (including phenoxy) is 1. The quantitative estimate of drug-likeness (QED) is 0.852. The number of nitrogens with two attached hydrogens (primary N) is 1. The molecule has 3 nitrogen and oxygen atoms in total. The summed E-state index contributed by atoms with van der Waals surface area (Å²) in [6.07, 6.45) is 2.36. The first-order valence-corrected chi connectivity index (χ1v) is 7.72. The minimum Gasteiger partial charge on any atom is -0.492 e. The van der Waals surface area contributed by atoms with Gasteiger partial charge in [-0.2, -0.15) is 0 Å². The maximum absolute atomic E-state index is 6.19. The molecule has 6 heteroatoms. The van der Waals surface area contributed by atoms with Crippen LogP contribution in [0.2, 0.25) is 5.02 Å². The lowest BCUT2D eigenvalue weighted by atomic mass is 9.81. The minimum atomic E-state index is -0.0522. The summed E-state index contributed by atoms with van der Waals surface area (Å²) in [5.41, 5.74) is 6.14. The van der Waals surface area contributed by atoms with Crippen molar-refractivity contribution in [3.63, 3.8) is 0 Å². The Kier molecular flexibility index (Phi) is 9.75. The van der Waals surface area contributed by atoms with E-state index in [0.717, 1.165) is 25.4 Å². The van der Waals surface area contributed by atoms with Crippen LogP contribution in [-0.4, -0.2) is 36.7 Å². The van der Waals surface area contributed by atoms with Gasteiger partial charge in [0.15, 0.2) is 0 Å². The topological polar surface area (TPSA) is 38.5 Å². The molecular weight excluding hydrogens is 343 g/mol. The molecule has 0 atom stereocenters. The Bertz CT molecular complexity index is 430. The van der Waals surface area contributed by atoms with Gasteiger partial charge in [0.25, 0.3) is 0 Å². The molecule has 128 valence electrons. The summed E-state index contributed by atoms with van der Waals surface area (Å²) in [6, 6.07) is 7.56. The smallest absolute Gasteiger partial charge is 0.120 e. The van der Waals surface area contributed by atoms with Gasteiger partial charge in [0.05, 0.1) is 0 Å². The minimum absolute atomic E-state index is 0. The molecule has 1 saturated heterocycles. The molecule has 0 radical (unpaired) electrons. The van der Waals surface area contributed by atoms with E-state index < -0.39 is 0 Å². The summed E-state index contributed by atoms with van der Waals surface area (Å²) in [5, 5.41) is 0.716. The lowest BCUT2D eigenvalue weighted by Gasteiger charge is -2.38. The van der Waals surface area contributed by atoms with Gasteiger partial charge < -0.3 is 10.5 Å². The van der Waals surface area contributed by atoms with Gasteiger partial charge in [-0.05, 0) is 63.9 Å². The molecule has 1 fully saturated rings. The Morgan fingerprint density at radius 2 is 1.91 bits per heavy atom. The van der Waals surface area contributed by atoms with Crippen LogP contribution in [0.25, 0.3) is 0 Å². The molecular formula is C16H27Cl3N2O. The summed E-state index contributed by atoms with van der Waals surface area (Å²) < 4.78 is 5.73. The van der Waals surface area contributed by atoms with E-state index in [0.29, 0.717) is 17.5 Å². The molecule has 1 aromatic carbocycles. The second kappa shape index (κ2) is 9.84. The van der Waals surface area contributed by atoms with Gasteiger partial charge in [-0.1, -0.05) is 17.7 Å². The number of rotatable bonds is 5. The number of benzene rings is 1. The van der Waals surface area contributed by atoms with E-state index in [9.17, 15) is 0 Å². The highest BCUT2D eigenvalue weighted by Gasteiger charge is 2.28. The van der Waals surface area contributed by atoms with Gasteiger partial charge >= 0.3 is 0 Å². The normalized spacial score (nSPS) is 16.5. The first-order chi connectivity index (χ1) is 9.45. The zero-order chi connectivity index (χ0) is 14.6. The largest absolute Gasteiger partial charge is 0.492 e. The van der Waals surface area contributed by atoms with Crippen LogP contribution in [0.3, 0.4) is 0 Å². The molecule has 2 N–H and O–H groups in total. The number of nitrogens with zero attached hydrogens (tertiary/aromatic N) is 1. The van der Waals surface area contributed by atoms with Crippen LogP contribution < -0.4 is 10.5 Å². The average molecular weight is 370 g/mol. The Morgan fingerprint density at radius 1 is 1.27 bits per heavy atom. The van der Waals surface area contributed by atoms with Crippen molar-refractivity contribution in [2.24, 2.45) is 11.7 Å². The molecule has 22 heavy (non-hydrogen) atoms. The Labute approximate surface area is 151 Å². The first kappa shape index (κ1) is 21.8. The fraction of sp³-hybridized carbons (Fsp3) is 0.625. The number of hydrogen-bond acceptors (Lipinski definition) is 3. The van der Waals surface area contributed by atoms with Crippen LogP contribution in [-0.2, 0) is 0 Å². The van der Waals surface area contributed by atoms with Gasteiger partial charge in [-0.3, -0.25) is 4.90 Å². The third-order valence-electron chi connectivity index (χ3n) is 4.11. The van der Waals surface area contributed by atoms with Crippen molar-refractivity contribution in [3.8, 4) is 5.75 Å². The van der Waals surface area contributed by atoms with Crippen LogP contribution in [0.15, 0.2) is 24.3 Å². The third-order valence-corrected chi connectivity index (χ3v) is 4.35. The van der Waals surface area contributed by atoms with Crippen LogP contribution in [0.5, 0.6) is 5.75 Å². The van der Waals surface area contributed by atoms with Crippen molar-refractivity contribution in [2.75, 3.05) is 26.2 Å². The molecule has 0 amide bonds. The number of halogens is 3. The highest BCUT2D eigenvalue weighted by molar-refractivity contribution is 6.30. The van der Waals surface area contributed by atoms with Crippen molar-refractivity contribution in [2.45, 2.75) is 32.2 Å². The Balaban J connectivity index is 0.00000220. The van der Waals surface area contributed by atoms with Crippen molar-refractivity contribution < 1.29 is 4.74 Å². The van der Waals surface area contributed by atoms with Crippen LogP contribution in [0, 0.1) is 5.92 Å². The number of piperidine rings is 1. The van der Waals surface area contributed by atoms with Gasteiger partial charge in [-0.25, -0.2) is 0 Å². The Hall–Kier alpha value is -0.190. The molecule has 0 aliphatic carbocycles. The van der Waals surface area contributed by atoms with Gasteiger partial charge in [0.2, 0.25) is 0 Å². The third kappa shape index (κ3) is 6.93. The molecule has 2 rings (SSSR count). The molecule has 0 spiro atoms. The highest BCUT2D eigenvalue weighted by Crippen LogP contribution is 2.26. The average Bonchev–Trinajstić information content (AvgIpc) is 2.38. The van der Waals surface area contributed by atoms with Crippen LogP contribution >= 0.6 is 36.4 Å². The fourth-order valence-electron chi connectivity index (χ4n) is 2.75. The molecule has 1 heterocycles. The van der Waals surface area contributed by atoms with Gasteiger partial charge in [0, 0.05) is 17.1 Å². The van der Waals surface area contributed by atoms with Crippen molar-refractivity contribution in [3.05, 3.63) is 29.3 Å². The van der Waals surface area contributed by atoms with E-state index in [1.54, 1.807) is 0 Å². The molecule has 1 aromatic rings. The number of likely N-dealkylation sites (tertiary alicyclic amines) is 1. The molecule has 0 bridgehead atoms. The van der Waals surface area contributed by atoms with E-state index >= 15 is 0 Å².